The molecule has 0 saturated heterocycles. The smallest absolute Gasteiger partial charge is 0.257 e. The first kappa shape index (κ1) is 14.4. The third-order valence-corrected chi connectivity index (χ3v) is 3.24. The third kappa shape index (κ3) is 3.29. The molecule has 0 aliphatic rings. The average molecular weight is 290 g/mol. The van der Waals surface area contributed by atoms with Gasteiger partial charge in [0, 0.05) is 10.7 Å². The number of hydrogen-bond acceptors (Lipinski definition) is 3. The number of nitrogens with one attached hydrogen (secondary N) is 2. The minimum absolute atomic E-state index is 0.260. The lowest BCUT2D eigenvalue weighted by molar-refractivity contribution is 0.102. The van der Waals surface area contributed by atoms with Gasteiger partial charge in [-0.1, -0.05) is 30.7 Å². The van der Waals surface area contributed by atoms with Crippen LogP contribution < -0.4 is 16.6 Å². The summed E-state index contributed by atoms with van der Waals surface area (Å²) in [5.74, 6) is 5.14. The van der Waals surface area contributed by atoms with Crippen molar-refractivity contribution in [3.05, 3.63) is 58.6 Å². The Bertz CT molecular complexity index is 611. The second-order valence-corrected chi connectivity index (χ2v) is 4.78. The van der Waals surface area contributed by atoms with Crippen LogP contribution in [0.1, 0.15) is 22.8 Å². The number of aryl methyl sites for hydroxylation is 1. The zero-order chi connectivity index (χ0) is 14.5. The highest BCUT2D eigenvalue weighted by molar-refractivity contribution is 6.31. The highest BCUT2D eigenvalue weighted by Gasteiger charge is 2.12. The van der Waals surface area contributed by atoms with Crippen molar-refractivity contribution in [1.29, 1.82) is 0 Å². The van der Waals surface area contributed by atoms with Crippen molar-refractivity contribution in [2.24, 2.45) is 5.84 Å². The fourth-order valence-corrected chi connectivity index (χ4v) is 2.02. The molecule has 0 aliphatic heterocycles. The number of carbonyl (C=O) groups excluding carboxylic acids is 1. The Hall–Kier alpha value is -2.04. The van der Waals surface area contributed by atoms with Gasteiger partial charge in [-0.25, -0.2) is 0 Å². The zero-order valence-corrected chi connectivity index (χ0v) is 11.9. The van der Waals surface area contributed by atoms with E-state index in [1.54, 1.807) is 18.2 Å². The summed E-state index contributed by atoms with van der Waals surface area (Å²) < 4.78 is 0. The van der Waals surface area contributed by atoms with Gasteiger partial charge in [0.1, 0.15) is 0 Å². The van der Waals surface area contributed by atoms with Crippen LogP contribution in [0.4, 0.5) is 11.4 Å². The molecule has 4 N–H and O–H groups in total. The van der Waals surface area contributed by atoms with Crippen molar-refractivity contribution in [2.45, 2.75) is 13.3 Å². The number of benzene rings is 2. The highest BCUT2D eigenvalue weighted by Crippen LogP contribution is 2.21. The molecule has 4 nitrogen and oxygen atoms in total. The van der Waals surface area contributed by atoms with Crippen LogP contribution in [0.25, 0.3) is 0 Å². The van der Waals surface area contributed by atoms with Crippen LogP contribution in [0.15, 0.2) is 42.5 Å². The molecule has 1 amide bonds. The summed E-state index contributed by atoms with van der Waals surface area (Å²) in [5.41, 5.74) is 5.36. The van der Waals surface area contributed by atoms with Gasteiger partial charge in [0.15, 0.2) is 0 Å². The maximum absolute atomic E-state index is 12.2. The van der Waals surface area contributed by atoms with Crippen molar-refractivity contribution in [2.75, 3.05) is 10.7 Å². The number of hydrazine groups is 1. The van der Waals surface area contributed by atoms with E-state index in [0.717, 1.165) is 12.1 Å². The van der Waals surface area contributed by atoms with Gasteiger partial charge in [0.25, 0.3) is 5.91 Å². The van der Waals surface area contributed by atoms with E-state index in [1.165, 1.54) is 5.56 Å². The van der Waals surface area contributed by atoms with E-state index < -0.39 is 0 Å². The lowest BCUT2D eigenvalue weighted by atomic mass is 10.1. The zero-order valence-electron chi connectivity index (χ0n) is 11.1. The highest BCUT2D eigenvalue weighted by atomic mass is 35.5. The van der Waals surface area contributed by atoms with Crippen LogP contribution in [-0.2, 0) is 6.42 Å². The maximum Gasteiger partial charge on any atom is 0.257 e. The Morgan fingerprint density at radius 1 is 1.20 bits per heavy atom. The van der Waals surface area contributed by atoms with Gasteiger partial charge in [-0.15, -0.1) is 0 Å². The largest absolute Gasteiger partial charge is 0.323 e. The number of hydrogen-bond donors (Lipinski definition) is 3. The van der Waals surface area contributed by atoms with E-state index in [9.17, 15) is 4.79 Å². The fraction of sp³-hybridized carbons (Fsp3) is 0.133. The SMILES string of the molecule is CCc1ccc(NC(=O)c2cc(Cl)ccc2NN)cc1. The maximum atomic E-state index is 12.2. The molecular weight excluding hydrogens is 274 g/mol. The number of nitrogens with two attached hydrogens (primary N) is 1. The molecule has 5 heteroatoms. The molecule has 0 spiro atoms. The van der Waals surface area contributed by atoms with Crippen molar-refractivity contribution in [1.82, 2.24) is 0 Å². The minimum Gasteiger partial charge on any atom is -0.323 e. The van der Waals surface area contributed by atoms with Crippen molar-refractivity contribution in [3.8, 4) is 0 Å². The van der Waals surface area contributed by atoms with E-state index in [4.69, 9.17) is 17.4 Å². The molecule has 2 aromatic carbocycles. The van der Waals surface area contributed by atoms with E-state index in [-0.39, 0.29) is 5.91 Å². The topological polar surface area (TPSA) is 67.2 Å². The fourth-order valence-electron chi connectivity index (χ4n) is 1.85. The van der Waals surface area contributed by atoms with Crippen LogP contribution in [0.3, 0.4) is 0 Å². The first-order valence-electron chi connectivity index (χ1n) is 6.30. The summed E-state index contributed by atoms with van der Waals surface area (Å²) >= 11 is 5.91. The van der Waals surface area contributed by atoms with Gasteiger partial charge in [-0.2, -0.15) is 0 Å². The number of anilines is 2. The number of carbonyl (C=O) groups is 1. The van der Waals surface area contributed by atoms with Gasteiger partial charge in [-0.05, 0) is 42.3 Å². The summed E-state index contributed by atoms with van der Waals surface area (Å²) in [6.07, 6.45) is 0.962. The van der Waals surface area contributed by atoms with Crippen LogP contribution >= 0.6 is 11.6 Å². The van der Waals surface area contributed by atoms with Gasteiger partial charge < -0.3 is 10.7 Å². The normalized spacial score (nSPS) is 10.2. The molecule has 0 fully saturated rings. The third-order valence-electron chi connectivity index (χ3n) is 3.00. The van der Waals surface area contributed by atoms with Crippen LogP contribution in [0.5, 0.6) is 0 Å². The monoisotopic (exact) mass is 289 g/mol. The summed E-state index contributed by atoms with van der Waals surface area (Å²) in [6.45, 7) is 2.08. The number of rotatable bonds is 4. The van der Waals surface area contributed by atoms with Crippen LogP contribution in [-0.4, -0.2) is 5.91 Å². The Balaban J connectivity index is 2.20. The van der Waals surface area contributed by atoms with E-state index in [0.29, 0.717) is 16.3 Å². The standard InChI is InChI=1S/C15H16ClN3O/c1-2-10-3-6-12(7-4-10)18-15(20)13-9-11(16)5-8-14(13)19-17/h3-9,19H,2,17H2,1H3,(H,18,20). The number of halogens is 1. The molecule has 0 radical (unpaired) electrons. The van der Waals surface area contributed by atoms with E-state index in [1.807, 2.05) is 24.3 Å². The second kappa shape index (κ2) is 6.41. The van der Waals surface area contributed by atoms with Crippen molar-refractivity contribution < 1.29 is 4.79 Å². The molecule has 0 aliphatic carbocycles. The van der Waals surface area contributed by atoms with Gasteiger partial charge in [-0.3, -0.25) is 10.6 Å². The lowest BCUT2D eigenvalue weighted by Crippen LogP contribution is -2.17. The molecule has 20 heavy (non-hydrogen) atoms. The van der Waals surface area contributed by atoms with Crippen molar-refractivity contribution in [3.63, 3.8) is 0 Å². The van der Waals surface area contributed by atoms with Gasteiger partial charge >= 0.3 is 0 Å². The van der Waals surface area contributed by atoms with E-state index in [2.05, 4.69) is 17.7 Å². The lowest BCUT2D eigenvalue weighted by Gasteiger charge is -2.10. The Morgan fingerprint density at radius 2 is 1.90 bits per heavy atom. The van der Waals surface area contributed by atoms with Crippen molar-refractivity contribution >= 4 is 28.9 Å². The minimum atomic E-state index is -0.260. The predicted octanol–water partition coefficient (Wildman–Crippen LogP) is 3.44. The first-order valence-corrected chi connectivity index (χ1v) is 6.68. The summed E-state index contributed by atoms with van der Waals surface area (Å²) in [5, 5.41) is 3.30. The number of nitrogen functional groups attached to an aromatic ring is 1. The molecule has 2 rings (SSSR count). The molecule has 0 aromatic heterocycles. The summed E-state index contributed by atoms with van der Waals surface area (Å²) in [4.78, 5) is 12.2. The van der Waals surface area contributed by atoms with Gasteiger partial charge in [0.05, 0.1) is 11.3 Å². The Labute approximate surface area is 122 Å². The molecule has 0 saturated carbocycles. The molecule has 0 atom stereocenters. The second-order valence-electron chi connectivity index (χ2n) is 4.34. The summed E-state index contributed by atoms with van der Waals surface area (Å²) in [6, 6.07) is 12.6. The molecule has 104 valence electrons. The quantitative estimate of drug-likeness (QED) is 0.596. The van der Waals surface area contributed by atoms with E-state index >= 15 is 0 Å². The van der Waals surface area contributed by atoms with Gasteiger partial charge in [0.2, 0.25) is 0 Å². The Morgan fingerprint density at radius 3 is 2.50 bits per heavy atom. The molecule has 2 aromatic rings. The molecule has 0 bridgehead atoms. The molecular formula is C15H16ClN3O. The Kier molecular flexibility index (Phi) is 4.61. The molecule has 0 heterocycles. The summed E-state index contributed by atoms with van der Waals surface area (Å²) in [7, 11) is 0. The first-order chi connectivity index (χ1) is 9.63. The predicted molar refractivity (Wildman–Crippen MR) is 83.0 cm³/mol. The van der Waals surface area contributed by atoms with Crippen LogP contribution in [0.2, 0.25) is 5.02 Å². The number of amides is 1. The average Bonchev–Trinajstić information content (AvgIpc) is 2.48. The molecule has 0 unspecified atom stereocenters. The van der Waals surface area contributed by atoms with Crippen LogP contribution in [0, 0.1) is 0 Å².